The van der Waals surface area contributed by atoms with E-state index in [4.69, 9.17) is 0 Å². The van der Waals surface area contributed by atoms with Crippen LogP contribution in [0.25, 0.3) is 0 Å². The Bertz CT molecular complexity index is 484. The van der Waals surface area contributed by atoms with Gasteiger partial charge in [-0.25, -0.2) is 14.6 Å². The number of amides is 2. The maximum atomic E-state index is 12.1. The van der Waals surface area contributed by atoms with Crippen molar-refractivity contribution >= 4 is 12.0 Å². The average Bonchev–Trinajstić information content (AvgIpc) is 2.97. The Morgan fingerprint density at radius 3 is 2.85 bits per heavy atom. The molecule has 0 aliphatic carbocycles. The number of hydrogen-bond acceptors (Lipinski definition) is 3. The van der Waals surface area contributed by atoms with E-state index in [0.717, 1.165) is 6.42 Å². The van der Waals surface area contributed by atoms with Crippen molar-refractivity contribution in [3.8, 4) is 0 Å². The van der Waals surface area contributed by atoms with Gasteiger partial charge in [-0.2, -0.15) is 0 Å². The highest BCUT2D eigenvalue weighted by atomic mass is 16.4. The van der Waals surface area contributed by atoms with E-state index in [2.05, 4.69) is 29.1 Å². The molecule has 1 atom stereocenters. The number of carbonyl (C=O) groups excluding carboxylic acids is 1. The number of nitrogens with zero attached hydrogens (tertiary/aromatic N) is 2. The van der Waals surface area contributed by atoms with Crippen LogP contribution in [-0.4, -0.2) is 51.1 Å². The first-order valence-electron chi connectivity index (χ1n) is 6.63. The van der Waals surface area contributed by atoms with Gasteiger partial charge in [-0.05, 0) is 11.8 Å². The van der Waals surface area contributed by atoms with Crippen molar-refractivity contribution < 1.29 is 14.7 Å². The summed E-state index contributed by atoms with van der Waals surface area (Å²) in [7, 11) is 0. The Balaban J connectivity index is 1.95. The Labute approximate surface area is 117 Å². The molecule has 1 aliphatic rings. The third-order valence-corrected chi connectivity index (χ3v) is 3.54. The van der Waals surface area contributed by atoms with Crippen LogP contribution in [-0.2, 0) is 11.2 Å². The molecule has 0 radical (unpaired) electrons. The second-order valence-corrected chi connectivity index (χ2v) is 5.96. The summed E-state index contributed by atoms with van der Waals surface area (Å²) in [4.78, 5) is 31.7. The monoisotopic (exact) mass is 280 g/mol. The highest BCUT2D eigenvalue weighted by Crippen LogP contribution is 2.28. The van der Waals surface area contributed by atoms with Crippen molar-refractivity contribution in [2.24, 2.45) is 5.41 Å². The molecule has 2 amide bonds. The van der Waals surface area contributed by atoms with Gasteiger partial charge >= 0.3 is 12.0 Å². The molecular weight excluding hydrogens is 260 g/mol. The van der Waals surface area contributed by atoms with E-state index in [-0.39, 0.29) is 17.9 Å². The Kier molecular flexibility index (Phi) is 3.96. The van der Waals surface area contributed by atoms with Crippen molar-refractivity contribution in [3.63, 3.8) is 0 Å². The molecule has 1 aromatic rings. The smallest absolute Gasteiger partial charge is 0.326 e. The van der Waals surface area contributed by atoms with Crippen molar-refractivity contribution in [2.45, 2.75) is 32.7 Å². The third kappa shape index (κ3) is 3.49. The lowest BCUT2D eigenvalue weighted by Gasteiger charge is -2.22. The Morgan fingerprint density at radius 2 is 2.35 bits per heavy atom. The Morgan fingerprint density at radius 1 is 1.60 bits per heavy atom. The molecule has 0 aromatic carbocycles. The van der Waals surface area contributed by atoms with Gasteiger partial charge in [0.25, 0.3) is 0 Å². The molecule has 1 fully saturated rings. The SMILES string of the molecule is CC1(C)CCN(C(=O)N[C@H](Cc2cnc[nH]2)C(=O)O)C1. The van der Waals surface area contributed by atoms with E-state index in [1.54, 1.807) is 11.1 Å². The highest BCUT2D eigenvalue weighted by molar-refractivity contribution is 5.83. The minimum absolute atomic E-state index is 0.0967. The van der Waals surface area contributed by atoms with Crippen LogP contribution in [0.2, 0.25) is 0 Å². The molecule has 2 rings (SSSR count). The fourth-order valence-corrected chi connectivity index (χ4v) is 2.34. The lowest BCUT2D eigenvalue weighted by molar-refractivity contribution is -0.139. The van der Waals surface area contributed by atoms with Gasteiger partial charge < -0.3 is 20.3 Å². The van der Waals surface area contributed by atoms with Gasteiger partial charge in [0, 0.05) is 31.4 Å². The van der Waals surface area contributed by atoms with Crippen LogP contribution in [0.4, 0.5) is 4.79 Å². The van der Waals surface area contributed by atoms with Gasteiger partial charge in [0.05, 0.1) is 6.33 Å². The van der Waals surface area contributed by atoms with Gasteiger partial charge in [0.15, 0.2) is 0 Å². The molecular formula is C13H20N4O3. The molecule has 1 aromatic heterocycles. The number of carbonyl (C=O) groups is 2. The van der Waals surface area contributed by atoms with E-state index < -0.39 is 12.0 Å². The Hall–Kier alpha value is -2.05. The lowest BCUT2D eigenvalue weighted by Crippen LogP contribution is -2.48. The number of imidazole rings is 1. The lowest BCUT2D eigenvalue weighted by atomic mass is 9.93. The van der Waals surface area contributed by atoms with Gasteiger partial charge in [-0.1, -0.05) is 13.8 Å². The van der Waals surface area contributed by atoms with Crippen molar-refractivity contribution in [1.82, 2.24) is 20.2 Å². The molecule has 1 saturated heterocycles. The van der Waals surface area contributed by atoms with Gasteiger partial charge in [-0.15, -0.1) is 0 Å². The molecule has 0 bridgehead atoms. The molecule has 20 heavy (non-hydrogen) atoms. The summed E-state index contributed by atoms with van der Waals surface area (Å²) < 4.78 is 0. The predicted molar refractivity (Wildman–Crippen MR) is 72.2 cm³/mol. The molecule has 0 spiro atoms. The van der Waals surface area contributed by atoms with Crippen LogP contribution >= 0.6 is 0 Å². The topological polar surface area (TPSA) is 98.3 Å². The van der Waals surface area contributed by atoms with Gasteiger partial charge in [0.2, 0.25) is 0 Å². The summed E-state index contributed by atoms with van der Waals surface area (Å²) in [5, 5.41) is 11.8. The number of hydrogen-bond donors (Lipinski definition) is 3. The molecule has 3 N–H and O–H groups in total. The van der Waals surface area contributed by atoms with Gasteiger partial charge in [-0.3, -0.25) is 0 Å². The normalized spacial score (nSPS) is 18.8. The average molecular weight is 280 g/mol. The van der Waals surface area contributed by atoms with Crippen LogP contribution in [0.3, 0.4) is 0 Å². The molecule has 0 saturated carbocycles. The predicted octanol–water partition coefficient (Wildman–Crippen LogP) is 0.847. The number of aromatic amines is 1. The van der Waals surface area contributed by atoms with Crippen LogP contribution in [0.15, 0.2) is 12.5 Å². The van der Waals surface area contributed by atoms with E-state index in [0.29, 0.717) is 18.8 Å². The number of carboxylic acid groups (broad SMARTS) is 1. The van der Waals surface area contributed by atoms with E-state index in [1.165, 1.54) is 6.33 Å². The number of likely N-dealkylation sites (tertiary alicyclic amines) is 1. The number of rotatable bonds is 4. The van der Waals surface area contributed by atoms with Crippen molar-refractivity contribution in [1.29, 1.82) is 0 Å². The molecule has 7 heteroatoms. The highest BCUT2D eigenvalue weighted by Gasteiger charge is 2.33. The molecule has 110 valence electrons. The number of carboxylic acids is 1. The molecule has 7 nitrogen and oxygen atoms in total. The second kappa shape index (κ2) is 5.52. The van der Waals surface area contributed by atoms with E-state index >= 15 is 0 Å². The first-order valence-corrected chi connectivity index (χ1v) is 6.63. The van der Waals surface area contributed by atoms with Crippen LogP contribution in [0, 0.1) is 5.41 Å². The van der Waals surface area contributed by atoms with Crippen LogP contribution in [0.5, 0.6) is 0 Å². The van der Waals surface area contributed by atoms with E-state index in [9.17, 15) is 14.7 Å². The maximum absolute atomic E-state index is 12.1. The number of urea groups is 1. The zero-order valence-corrected chi connectivity index (χ0v) is 11.7. The number of aliphatic carboxylic acids is 1. The van der Waals surface area contributed by atoms with Crippen molar-refractivity contribution in [3.05, 3.63) is 18.2 Å². The van der Waals surface area contributed by atoms with Crippen molar-refractivity contribution in [2.75, 3.05) is 13.1 Å². The van der Waals surface area contributed by atoms with E-state index in [1.807, 2.05) is 0 Å². The fourth-order valence-electron chi connectivity index (χ4n) is 2.34. The zero-order chi connectivity index (χ0) is 14.8. The molecule has 2 heterocycles. The standard InChI is InChI=1S/C13H20N4O3/c1-13(2)3-4-17(7-13)12(20)16-10(11(18)19)5-9-6-14-8-15-9/h6,8,10H,3-5,7H2,1-2H3,(H,14,15)(H,16,20)(H,18,19)/t10-/m1/s1. The third-order valence-electron chi connectivity index (χ3n) is 3.54. The minimum Gasteiger partial charge on any atom is -0.480 e. The first kappa shape index (κ1) is 14.4. The van der Waals surface area contributed by atoms with Gasteiger partial charge in [0.1, 0.15) is 6.04 Å². The summed E-state index contributed by atoms with van der Waals surface area (Å²) in [5.74, 6) is -1.05. The quantitative estimate of drug-likeness (QED) is 0.761. The summed E-state index contributed by atoms with van der Waals surface area (Å²) >= 11 is 0. The summed E-state index contributed by atoms with van der Waals surface area (Å²) in [6, 6.07) is -1.27. The van der Waals surface area contributed by atoms with Crippen LogP contribution in [0.1, 0.15) is 26.0 Å². The largest absolute Gasteiger partial charge is 0.480 e. The first-order chi connectivity index (χ1) is 9.37. The summed E-state index contributed by atoms with van der Waals surface area (Å²) in [6.45, 7) is 5.50. The number of nitrogens with one attached hydrogen (secondary N) is 2. The maximum Gasteiger partial charge on any atom is 0.326 e. The summed E-state index contributed by atoms with van der Waals surface area (Å²) in [6.07, 6.45) is 4.16. The zero-order valence-electron chi connectivity index (χ0n) is 11.7. The number of aromatic nitrogens is 2. The second-order valence-electron chi connectivity index (χ2n) is 5.96. The number of H-pyrrole nitrogens is 1. The fraction of sp³-hybridized carbons (Fsp3) is 0.615. The molecule has 0 unspecified atom stereocenters. The molecule has 1 aliphatic heterocycles. The van der Waals surface area contributed by atoms with Crippen LogP contribution < -0.4 is 5.32 Å². The summed E-state index contributed by atoms with van der Waals surface area (Å²) in [5.41, 5.74) is 0.777. The minimum atomic E-state index is -1.05.